The SMILES string of the molecule is NC(=O)COc1cccc(-c2cn([C@@H]3C[C@H]3c3ccccc3)nn2)c1. The fourth-order valence-corrected chi connectivity index (χ4v) is 3.00. The second kappa shape index (κ2) is 6.39. The van der Waals surface area contributed by atoms with Gasteiger partial charge in [0.05, 0.1) is 12.2 Å². The van der Waals surface area contributed by atoms with Gasteiger partial charge in [0, 0.05) is 11.5 Å². The van der Waals surface area contributed by atoms with Crippen molar-refractivity contribution in [2.24, 2.45) is 5.73 Å². The summed E-state index contributed by atoms with van der Waals surface area (Å²) in [5.74, 6) is 0.581. The van der Waals surface area contributed by atoms with Crippen LogP contribution in [0.1, 0.15) is 23.9 Å². The van der Waals surface area contributed by atoms with Gasteiger partial charge in [-0.2, -0.15) is 0 Å². The number of rotatable bonds is 6. The van der Waals surface area contributed by atoms with E-state index in [0.29, 0.717) is 17.7 Å². The molecule has 1 aliphatic carbocycles. The Labute approximate surface area is 145 Å². The maximum atomic E-state index is 10.8. The Balaban J connectivity index is 1.49. The van der Waals surface area contributed by atoms with Gasteiger partial charge in [-0.25, -0.2) is 4.68 Å². The third-order valence-electron chi connectivity index (χ3n) is 4.35. The number of primary amides is 1. The fraction of sp³-hybridized carbons (Fsp3) is 0.211. The second-order valence-electron chi connectivity index (χ2n) is 6.19. The summed E-state index contributed by atoms with van der Waals surface area (Å²) >= 11 is 0. The maximum Gasteiger partial charge on any atom is 0.255 e. The highest BCUT2D eigenvalue weighted by Gasteiger charge is 2.40. The van der Waals surface area contributed by atoms with E-state index in [1.165, 1.54) is 5.56 Å². The number of carbonyl (C=O) groups is 1. The van der Waals surface area contributed by atoms with Crippen LogP contribution in [-0.2, 0) is 4.79 Å². The molecule has 1 heterocycles. The van der Waals surface area contributed by atoms with Crippen LogP contribution < -0.4 is 10.5 Å². The summed E-state index contributed by atoms with van der Waals surface area (Å²) in [5, 5.41) is 8.56. The maximum absolute atomic E-state index is 10.8. The molecule has 2 N–H and O–H groups in total. The molecule has 0 radical (unpaired) electrons. The summed E-state index contributed by atoms with van der Waals surface area (Å²) in [6, 6.07) is 18.2. The van der Waals surface area contributed by atoms with E-state index in [0.717, 1.165) is 17.7 Å². The first-order chi connectivity index (χ1) is 12.2. The zero-order valence-electron chi connectivity index (χ0n) is 13.6. The summed E-state index contributed by atoms with van der Waals surface area (Å²) in [6.45, 7) is -0.142. The highest BCUT2D eigenvalue weighted by Crippen LogP contribution is 2.50. The Morgan fingerprint density at radius 1 is 1.20 bits per heavy atom. The highest BCUT2D eigenvalue weighted by molar-refractivity contribution is 5.75. The molecule has 3 aromatic rings. The molecule has 6 nitrogen and oxygen atoms in total. The van der Waals surface area contributed by atoms with Crippen molar-refractivity contribution in [3.63, 3.8) is 0 Å². The zero-order valence-corrected chi connectivity index (χ0v) is 13.6. The Hall–Kier alpha value is -3.15. The molecule has 4 rings (SSSR count). The molecular formula is C19H18N4O2. The van der Waals surface area contributed by atoms with Crippen LogP contribution in [0.15, 0.2) is 60.8 Å². The summed E-state index contributed by atoms with van der Waals surface area (Å²) in [5.41, 5.74) is 8.12. The number of hydrogen-bond donors (Lipinski definition) is 1. The lowest BCUT2D eigenvalue weighted by Crippen LogP contribution is -2.19. The molecule has 126 valence electrons. The number of amides is 1. The molecule has 0 unspecified atom stereocenters. The average Bonchev–Trinajstić information content (AvgIpc) is 3.29. The minimum atomic E-state index is -0.503. The summed E-state index contributed by atoms with van der Waals surface area (Å²) in [4.78, 5) is 10.8. The first-order valence-electron chi connectivity index (χ1n) is 8.19. The van der Waals surface area contributed by atoms with Crippen LogP contribution in [0.4, 0.5) is 0 Å². The predicted molar refractivity (Wildman–Crippen MR) is 93.0 cm³/mol. The van der Waals surface area contributed by atoms with Crippen molar-refractivity contribution in [1.29, 1.82) is 0 Å². The van der Waals surface area contributed by atoms with Gasteiger partial charge >= 0.3 is 0 Å². The van der Waals surface area contributed by atoms with Crippen LogP contribution in [0.5, 0.6) is 5.75 Å². The topological polar surface area (TPSA) is 83.0 Å². The largest absolute Gasteiger partial charge is 0.484 e. The van der Waals surface area contributed by atoms with Gasteiger partial charge in [-0.05, 0) is 24.1 Å². The normalized spacial score (nSPS) is 18.7. The van der Waals surface area contributed by atoms with Crippen molar-refractivity contribution < 1.29 is 9.53 Å². The predicted octanol–water partition coefficient (Wildman–Crippen LogP) is 2.54. The van der Waals surface area contributed by atoms with Crippen LogP contribution in [-0.4, -0.2) is 27.5 Å². The first-order valence-corrected chi connectivity index (χ1v) is 8.19. The molecule has 0 spiro atoms. The van der Waals surface area contributed by atoms with E-state index >= 15 is 0 Å². The number of carbonyl (C=O) groups excluding carboxylic acids is 1. The summed E-state index contributed by atoms with van der Waals surface area (Å²) in [7, 11) is 0. The van der Waals surface area contributed by atoms with Crippen LogP contribution >= 0.6 is 0 Å². The van der Waals surface area contributed by atoms with E-state index < -0.39 is 5.91 Å². The van der Waals surface area contributed by atoms with E-state index in [-0.39, 0.29) is 6.61 Å². The lowest BCUT2D eigenvalue weighted by Gasteiger charge is -2.04. The third-order valence-corrected chi connectivity index (χ3v) is 4.35. The molecule has 1 aliphatic rings. The van der Waals surface area contributed by atoms with E-state index in [4.69, 9.17) is 10.5 Å². The van der Waals surface area contributed by atoms with Crippen molar-refractivity contribution >= 4 is 5.91 Å². The Kier molecular flexibility index (Phi) is 3.93. The van der Waals surface area contributed by atoms with Gasteiger partial charge < -0.3 is 10.5 Å². The number of ether oxygens (including phenoxy) is 1. The van der Waals surface area contributed by atoms with E-state index in [2.05, 4.69) is 34.6 Å². The zero-order chi connectivity index (χ0) is 17.2. The minimum Gasteiger partial charge on any atom is -0.484 e. The highest BCUT2D eigenvalue weighted by atomic mass is 16.5. The monoisotopic (exact) mass is 334 g/mol. The van der Waals surface area contributed by atoms with Crippen LogP contribution in [0.2, 0.25) is 0 Å². The molecule has 25 heavy (non-hydrogen) atoms. The van der Waals surface area contributed by atoms with Gasteiger partial charge in [0.2, 0.25) is 0 Å². The number of nitrogens with zero attached hydrogens (tertiary/aromatic N) is 3. The smallest absolute Gasteiger partial charge is 0.255 e. The van der Waals surface area contributed by atoms with Gasteiger partial charge in [-0.3, -0.25) is 4.79 Å². The number of nitrogens with two attached hydrogens (primary N) is 1. The van der Waals surface area contributed by atoms with Crippen LogP contribution in [0, 0.1) is 0 Å². The first kappa shape index (κ1) is 15.4. The summed E-state index contributed by atoms with van der Waals surface area (Å²) in [6.07, 6.45) is 3.04. The van der Waals surface area contributed by atoms with Crippen LogP contribution in [0.25, 0.3) is 11.3 Å². The van der Waals surface area contributed by atoms with Crippen LogP contribution in [0.3, 0.4) is 0 Å². The van der Waals surface area contributed by atoms with Gasteiger partial charge in [-0.1, -0.05) is 47.7 Å². The van der Waals surface area contributed by atoms with Crippen molar-refractivity contribution in [3.05, 3.63) is 66.4 Å². The molecule has 6 heteroatoms. The van der Waals surface area contributed by atoms with Gasteiger partial charge in [0.15, 0.2) is 6.61 Å². The molecule has 2 aromatic carbocycles. The molecule has 1 aromatic heterocycles. The molecule has 1 amide bonds. The number of hydrogen-bond acceptors (Lipinski definition) is 4. The molecule has 0 saturated heterocycles. The molecule has 1 fully saturated rings. The Morgan fingerprint density at radius 3 is 2.84 bits per heavy atom. The van der Waals surface area contributed by atoms with Gasteiger partial charge in [0.25, 0.3) is 5.91 Å². The Morgan fingerprint density at radius 2 is 2.04 bits per heavy atom. The van der Waals surface area contributed by atoms with Crippen molar-refractivity contribution in [1.82, 2.24) is 15.0 Å². The van der Waals surface area contributed by atoms with Gasteiger partial charge in [0.1, 0.15) is 11.4 Å². The van der Waals surface area contributed by atoms with E-state index in [1.807, 2.05) is 35.1 Å². The minimum absolute atomic E-state index is 0.142. The van der Waals surface area contributed by atoms with Crippen molar-refractivity contribution in [2.75, 3.05) is 6.61 Å². The Bertz CT molecular complexity index is 891. The molecule has 1 saturated carbocycles. The summed E-state index contributed by atoms with van der Waals surface area (Å²) < 4.78 is 7.28. The van der Waals surface area contributed by atoms with Crippen molar-refractivity contribution in [2.45, 2.75) is 18.4 Å². The lowest BCUT2D eigenvalue weighted by molar-refractivity contribution is -0.119. The molecule has 0 bridgehead atoms. The van der Waals surface area contributed by atoms with Gasteiger partial charge in [-0.15, -0.1) is 5.10 Å². The lowest BCUT2D eigenvalue weighted by atomic mass is 10.1. The standard InChI is InChI=1S/C19H18N4O2/c20-19(24)12-25-15-8-4-7-14(9-15)17-11-23(22-21-17)18-10-16(18)13-5-2-1-3-6-13/h1-9,11,16,18H,10,12H2,(H2,20,24)/t16-,18+/m0/s1. The third kappa shape index (κ3) is 3.38. The molecule has 2 atom stereocenters. The number of benzene rings is 2. The number of aromatic nitrogens is 3. The fourth-order valence-electron chi connectivity index (χ4n) is 3.00. The molecular weight excluding hydrogens is 316 g/mol. The van der Waals surface area contributed by atoms with E-state index in [9.17, 15) is 4.79 Å². The second-order valence-corrected chi connectivity index (χ2v) is 6.19. The quantitative estimate of drug-likeness (QED) is 0.751. The average molecular weight is 334 g/mol. The van der Waals surface area contributed by atoms with Crippen molar-refractivity contribution in [3.8, 4) is 17.0 Å². The van der Waals surface area contributed by atoms with E-state index in [1.54, 1.807) is 6.07 Å². The molecule has 0 aliphatic heterocycles.